The Labute approximate surface area is 134 Å². The Morgan fingerprint density at radius 2 is 1.70 bits per heavy atom. The zero-order valence-electron chi connectivity index (χ0n) is 13.1. The van der Waals surface area contributed by atoms with Gasteiger partial charge in [0.05, 0.1) is 12.7 Å². The van der Waals surface area contributed by atoms with Crippen LogP contribution in [-0.4, -0.2) is 24.1 Å². The molecule has 0 aromatic heterocycles. The van der Waals surface area contributed by atoms with Crippen molar-refractivity contribution in [1.29, 1.82) is 0 Å². The van der Waals surface area contributed by atoms with Crippen LogP contribution in [0.1, 0.15) is 22.8 Å². The lowest BCUT2D eigenvalue weighted by Crippen LogP contribution is -2.22. The summed E-state index contributed by atoms with van der Waals surface area (Å²) in [6.45, 7) is 1.84. The number of hydrogen-bond donors (Lipinski definition) is 2. The van der Waals surface area contributed by atoms with E-state index in [1.807, 2.05) is 6.92 Å². The van der Waals surface area contributed by atoms with Gasteiger partial charge in [-0.3, -0.25) is 4.79 Å². The standard InChI is InChI=1S/C18H19NO4/c1-12(11-13-3-5-14(6-4-13)18(21)22)17(20)19-15-7-9-16(23-2)10-8-15/h3-10,12H,11H2,1-2H3,(H,19,20)(H,21,22). The van der Waals surface area contributed by atoms with Gasteiger partial charge in [-0.05, 0) is 48.4 Å². The summed E-state index contributed by atoms with van der Waals surface area (Å²) < 4.78 is 5.07. The van der Waals surface area contributed by atoms with Crippen LogP contribution in [0.3, 0.4) is 0 Å². The summed E-state index contributed by atoms with van der Waals surface area (Å²) in [7, 11) is 1.59. The van der Waals surface area contributed by atoms with Crippen LogP contribution in [-0.2, 0) is 11.2 Å². The number of anilines is 1. The highest BCUT2D eigenvalue weighted by molar-refractivity contribution is 5.92. The molecular formula is C18H19NO4. The quantitative estimate of drug-likeness (QED) is 0.858. The second-order valence-electron chi connectivity index (χ2n) is 5.33. The molecule has 0 fully saturated rings. The van der Waals surface area contributed by atoms with Crippen LogP contribution >= 0.6 is 0 Å². The molecular weight excluding hydrogens is 294 g/mol. The van der Waals surface area contributed by atoms with Gasteiger partial charge in [0.2, 0.25) is 5.91 Å². The predicted octanol–water partition coefficient (Wildman–Crippen LogP) is 3.21. The van der Waals surface area contributed by atoms with E-state index in [0.717, 1.165) is 11.3 Å². The largest absolute Gasteiger partial charge is 0.497 e. The van der Waals surface area contributed by atoms with Crippen molar-refractivity contribution in [2.24, 2.45) is 5.92 Å². The predicted molar refractivity (Wildman–Crippen MR) is 87.9 cm³/mol. The number of ether oxygens (including phenoxy) is 1. The van der Waals surface area contributed by atoms with Crippen molar-refractivity contribution in [3.8, 4) is 5.75 Å². The molecule has 0 saturated heterocycles. The van der Waals surface area contributed by atoms with Gasteiger partial charge in [-0.15, -0.1) is 0 Å². The van der Waals surface area contributed by atoms with E-state index in [-0.39, 0.29) is 17.4 Å². The minimum absolute atomic E-state index is 0.0857. The van der Waals surface area contributed by atoms with Crippen LogP contribution in [0.15, 0.2) is 48.5 Å². The summed E-state index contributed by atoms with van der Waals surface area (Å²) in [5.74, 6) is -0.540. The van der Waals surface area contributed by atoms with Crippen LogP contribution in [0.5, 0.6) is 5.75 Å². The lowest BCUT2D eigenvalue weighted by atomic mass is 9.99. The van der Waals surface area contributed by atoms with Crippen molar-refractivity contribution in [2.45, 2.75) is 13.3 Å². The van der Waals surface area contributed by atoms with Crippen molar-refractivity contribution in [2.75, 3.05) is 12.4 Å². The Kier molecular flexibility index (Phi) is 5.36. The Bertz CT molecular complexity index is 677. The van der Waals surface area contributed by atoms with Gasteiger partial charge in [-0.1, -0.05) is 19.1 Å². The molecule has 0 aliphatic heterocycles. The van der Waals surface area contributed by atoms with Gasteiger partial charge in [0.15, 0.2) is 0 Å². The highest BCUT2D eigenvalue weighted by Crippen LogP contribution is 2.17. The molecule has 0 spiro atoms. The first kappa shape index (κ1) is 16.5. The Morgan fingerprint density at radius 1 is 1.09 bits per heavy atom. The Balaban J connectivity index is 1.94. The van der Waals surface area contributed by atoms with Crippen molar-refractivity contribution < 1.29 is 19.4 Å². The average molecular weight is 313 g/mol. The molecule has 2 aromatic carbocycles. The van der Waals surface area contributed by atoms with Gasteiger partial charge >= 0.3 is 5.97 Å². The second kappa shape index (κ2) is 7.45. The number of amides is 1. The van der Waals surface area contributed by atoms with E-state index in [1.54, 1.807) is 55.6 Å². The molecule has 5 nitrogen and oxygen atoms in total. The SMILES string of the molecule is COc1ccc(NC(=O)C(C)Cc2ccc(C(=O)O)cc2)cc1. The minimum atomic E-state index is -0.957. The third kappa shape index (κ3) is 4.57. The molecule has 0 radical (unpaired) electrons. The number of carboxylic acid groups (broad SMARTS) is 1. The van der Waals surface area contributed by atoms with Gasteiger partial charge in [0.1, 0.15) is 5.75 Å². The van der Waals surface area contributed by atoms with E-state index in [4.69, 9.17) is 9.84 Å². The topological polar surface area (TPSA) is 75.6 Å². The van der Waals surface area contributed by atoms with E-state index >= 15 is 0 Å². The first-order valence-corrected chi connectivity index (χ1v) is 7.26. The van der Waals surface area contributed by atoms with Gasteiger partial charge in [0, 0.05) is 11.6 Å². The minimum Gasteiger partial charge on any atom is -0.497 e. The first-order valence-electron chi connectivity index (χ1n) is 7.26. The lowest BCUT2D eigenvalue weighted by Gasteiger charge is -2.13. The number of nitrogens with one attached hydrogen (secondary N) is 1. The van der Waals surface area contributed by atoms with Gasteiger partial charge < -0.3 is 15.2 Å². The maximum atomic E-state index is 12.2. The molecule has 23 heavy (non-hydrogen) atoms. The number of benzene rings is 2. The smallest absolute Gasteiger partial charge is 0.335 e. The summed E-state index contributed by atoms with van der Waals surface area (Å²) in [5, 5.41) is 11.7. The number of carbonyl (C=O) groups excluding carboxylic acids is 1. The van der Waals surface area contributed by atoms with Crippen molar-refractivity contribution in [3.63, 3.8) is 0 Å². The summed E-state index contributed by atoms with van der Waals surface area (Å²) in [6, 6.07) is 13.7. The third-order valence-electron chi connectivity index (χ3n) is 3.55. The molecule has 1 amide bonds. The van der Waals surface area contributed by atoms with Crippen LogP contribution in [0, 0.1) is 5.92 Å². The maximum Gasteiger partial charge on any atom is 0.335 e. The van der Waals surface area contributed by atoms with Crippen molar-refractivity contribution >= 4 is 17.6 Å². The van der Waals surface area contributed by atoms with Crippen molar-refractivity contribution in [3.05, 3.63) is 59.7 Å². The number of carbonyl (C=O) groups is 2. The fourth-order valence-electron chi connectivity index (χ4n) is 2.17. The molecule has 2 N–H and O–H groups in total. The van der Waals surface area contributed by atoms with E-state index in [9.17, 15) is 9.59 Å². The molecule has 2 aromatic rings. The molecule has 1 atom stereocenters. The average Bonchev–Trinajstić information content (AvgIpc) is 2.56. The van der Waals surface area contributed by atoms with Crippen LogP contribution in [0.2, 0.25) is 0 Å². The molecule has 5 heteroatoms. The van der Waals surface area contributed by atoms with Gasteiger partial charge in [-0.2, -0.15) is 0 Å². The summed E-state index contributed by atoms with van der Waals surface area (Å²) in [6.07, 6.45) is 0.544. The number of rotatable bonds is 6. The maximum absolute atomic E-state index is 12.2. The van der Waals surface area contributed by atoms with Gasteiger partial charge in [0.25, 0.3) is 0 Å². The van der Waals surface area contributed by atoms with Crippen LogP contribution in [0.4, 0.5) is 5.69 Å². The van der Waals surface area contributed by atoms with Crippen LogP contribution < -0.4 is 10.1 Å². The number of aromatic carboxylic acids is 1. The summed E-state index contributed by atoms with van der Waals surface area (Å²) in [5.41, 5.74) is 1.88. The molecule has 0 aliphatic rings. The summed E-state index contributed by atoms with van der Waals surface area (Å²) >= 11 is 0. The van der Waals surface area contributed by atoms with Gasteiger partial charge in [-0.25, -0.2) is 4.79 Å². The van der Waals surface area contributed by atoms with E-state index in [0.29, 0.717) is 12.1 Å². The highest BCUT2D eigenvalue weighted by Gasteiger charge is 2.14. The molecule has 0 aliphatic carbocycles. The molecule has 1 unspecified atom stereocenters. The third-order valence-corrected chi connectivity index (χ3v) is 3.55. The molecule has 0 saturated carbocycles. The van der Waals surface area contributed by atoms with E-state index < -0.39 is 5.97 Å². The van der Waals surface area contributed by atoms with Crippen molar-refractivity contribution in [1.82, 2.24) is 0 Å². The Morgan fingerprint density at radius 3 is 2.22 bits per heavy atom. The monoisotopic (exact) mass is 313 g/mol. The number of hydrogen-bond acceptors (Lipinski definition) is 3. The summed E-state index contributed by atoms with van der Waals surface area (Å²) in [4.78, 5) is 23.0. The number of methoxy groups -OCH3 is 1. The van der Waals surface area contributed by atoms with Crippen LogP contribution in [0.25, 0.3) is 0 Å². The first-order chi connectivity index (χ1) is 11.0. The second-order valence-corrected chi connectivity index (χ2v) is 5.33. The fraction of sp³-hybridized carbons (Fsp3) is 0.222. The zero-order valence-corrected chi connectivity index (χ0v) is 13.1. The van der Waals surface area contributed by atoms with E-state index in [1.165, 1.54) is 0 Å². The normalized spacial score (nSPS) is 11.6. The molecule has 0 heterocycles. The zero-order chi connectivity index (χ0) is 16.8. The van der Waals surface area contributed by atoms with E-state index in [2.05, 4.69) is 5.32 Å². The Hall–Kier alpha value is -2.82. The lowest BCUT2D eigenvalue weighted by molar-refractivity contribution is -0.119. The molecule has 2 rings (SSSR count). The molecule has 120 valence electrons. The molecule has 0 bridgehead atoms. The number of carboxylic acids is 1. The fourth-order valence-corrected chi connectivity index (χ4v) is 2.17. The highest BCUT2D eigenvalue weighted by atomic mass is 16.5.